The minimum absolute atomic E-state index is 0.115. The van der Waals surface area contributed by atoms with E-state index in [4.69, 9.17) is 5.73 Å². The molecular weight excluding hydrogens is 264 g/mol. The summed E-state index contributed by atoms with van der Waals surface area (Å²) in [7, 11) is 0. The van der Waals surface area contributed by atoms with Crippen LogP contribution in [0, 0.1) is 6.92 Å². The van der Waals surface area contributed by atoms with Crippen molar-refractivity contribution < 1.29 is 0 Å². The highest BCUT2D eigenvalue weighted by Crippen LogP contribution is 2.33. The van der Waals surface area contributed by atoms with E-state index in [1.54, 1.807) is 11.8 Å². The second-order valence-corrected chi connectivity index (χ2v) is 7.81. The third-order valence-electron chi connectivity index (χ3n) is 2.97. The van der Waals surface area contributed by atoms with Crippen molar-refractivity contribution in [2.24, 2.45) is 5.73 Å². The summed E-state index contributed by atoms with van der Waals surface area (Å²) in [5, 5.41) is 1.08. The van der Waals surface area contributed by atoms with Crippen molar-refractivity contribution in [1.82, 2.24) is 4.98 Å². The van der Waals surface area contributed by atoms with Crippen LogP contribution < -0.4 is 5.73 Å². The fourth-order valence-corrected chi connectivity index (χ4v) is 2.91. The molecule has 106 valence electrons. The summed E-state index contributed by atoms with van der Waals surface area (Å²) in [4.78, 5) is 4.59. The monoisotopic (exact) mass is 286 g/mol. The van der Waals surface area contributed by atoms with Gasteiger partial charge in [0.15, 0.2) is 0 Å². The number of aryl methyl sites for hydroxylation is 1. The summed E-state index contributed by atoms with van der Waals surface area (Å²) in [6.07, 6.45) is 1.90. The van der Waals surface area contributed by atoms with Crippen LogP contribution in [0.2, 0.25) is 0 Å². The van der Waals surface area contributed by atoms with E-state index >= 15 is 0 Å². The first-order valence-electron chi connectivity index (χ1n) is 6.83. The Labute approximate surface area is 125 Å². The molecule has 0 radical (unpaired) electrons. The highest BCUT2D eigenvalue weighted by molar-refractivity contribution is 8.00. The first-order valence-corrected chi connectivity index (χ1v) is 7.64. The molecule has 1 heterocycles. The molecular formula is C17H22N2S. The largest absolute Gasteiger partial charge is 0.320 e. The van der Waals surface area contributed by atoms with E-state index in [1.165, 1.54) is 5.56 Å². The maximum Gasteiger partial charge on any atom is 0.0994 e. The predicted molar refractivity (Wildman–Crippen MR) is 87.1 cm³/mol. The zero-order valence-electron chi connectivity index (χ0n) is 12.6. The van der Waals surface area contributed by atoms with Gasteiger partial charge in [0.2, 0.25) is 0 Å². The van der Waals surface area contributed by atoms with Gasteiger partial charge in [-0.05, 0) is 29.7 Å². The number of benzene rings is 1. The van der Waals surface area contributed by atoms with Gasteiger partial charge in [-0.3, -0.25) is 0 Å². The number of hydrogen-bond acceptors (Lipinski definition) is 3. The van der Waals surface area contributed by atoms with Crippen LogP contribution in [-0.4, -0.2) is 9.73 Å². The molecule has 0 aliphatic carbocycles. The van der Waals surface area contributed by atoms with E-state index in [0.717, 1.165) is 16.2 Å². The molecule has 0 aliphatic heterocycles. The molecule has 0 unspecified atom stereocenters. The van der Waals surface area contributed by atoms with Crippen molar-refractivity contribution in [3.8, 4) is 0 Å². The van der Waals surface area contributed by atoms with Crippen molar-refractivity contribution in [2.45, 2.75) is 43.5 Å². The summed E-state index contributed by atoms with van der Waals surface area (Å²) in [5.74, 6) is 0. The van der Waals surface area contributed by atoms with E-state index in [0.29, 0.717) is 0 Å². The lowest BCUT2D eigenvalue weighted by atomic mass is 10.0. The lowest BCUT2D eigenvalue weighted by Gasteiger charge is -2.19. The standard InChI is InChI=1S/C17H22N2S/c1-12-10-14(11-19-16(12)20-17(2,3)4)15(18)13-8-6-5-7-9-13/h5-11,15H,18H2,1-4H3/t15-/m1/s1. The Morgan fingerprint density at radius 1 is 1.10 bits per heavy atom. The Morgan fingerprint density at radius 2 is 1.75 bits per heavy atom. The van der Waals surface area contributed by atoms with Gasteiger partial charge < -0.3 is 5.73 Å². The van der Waals surface area contributed by atoms with Crippen LogP contribution in [0.15, 0.2) is 47.6 Å². The molecule has 3 heteroatoms. The molecule has 2 N–H and O–H groups in total. The van der Waals surface area contributed by atoms with Crippen LogP contribution in [0.3, 0.4) is 0 Å². The Kier molecular flexibility index (Phi) is 4.51. The molecule has 20 heavy (non-hydrogen) atoms. The Balaban J connectivity index is 2.25. The molecule has 1 aromatic heterocycles. The van der Waals surface area contributed by atoms with Crippen LogP contribution in [0.1, 0.15) is 43.5 Å². The van der Waals surface area contributed by atoms with E-state index < -0.39 is 0 Å². The second-order valence-electron chi connectivity index (χ2n) is 5.99. The average molecular weight is 286 g/mol. The Hall–Kier alpha value is -1.32. The average Bonchev–Trinajstić information content (AvgIpc) is 2.40. The van der Waals surface area contributed by atoms with Gasteiger partial charge in [0, 0.05) is 10.9 Å². The highest BCUT2D eigenvalue weighted by atomic mass is 32.2. The van der Waals surface area contributed by atoms with Crippen molar-refractivity contribution in [3.05, 3.63) is 59.3 Å². The first kappa shape index (κ1) is 15.1. The van der Waals surface area contributed by atoms with Gasteiger partial charge in [-0.15, -0.1) is 11.8 Å². The molecule has 2 rings (SSSR count). The SMILES string of the molecule is Cc1cc([C@H](N)c2ccccc2)cnc1SC(C)(C)C. The van der Waals surface area contributed by atoms with Gasteiger partial charge in [-0.25, -0.2) is 4.98 Å². The molecule has 1 atom stereocenters. The molecule has 1 aromatic carbocycles. The zero-order valence-corrected chi connectivity index (χ0v) is 13.4. The van der Waals surface area contributed by atoms with Crippen molar-refractivity contribution in [2.75, 3.05) is 0 Å². The number of hydrogen-bond donors (Lipinski definition) is 1. The molecule has 0 aliphatic rings. The fourth-order valence-electron chi connectivity index (χ4n) is 2.00. The smallest absolute Gasteiger partial charge is 0.0994 e. The maximum atomic E-state index is 6.32. The van der Waals surface area contributed by atoms with Gasteiger partial charge in [-0.2, -0.15) is 0 Å². The fraction of sp³-hybridized carbons (Fsp3) is 0.353. The van der Waals surface area contributed by atoms with Gasteiger partial charge in [-0.1, -0.05) is 51.1 Å². The lowest BCUT2D eigenvalue weighted by Crippen LogP contribution is -2.13. The topological polar surface area (TPSA) is 38.9 Å². The number of rotatable bonds is 3. The van der Waals surface area contributed by atoms with Crippen LogP contribution in [0.4, 0.5) is 0 Å². The molecule has 0 spiro atoms. The number of pyridine rings is 1. The molecule has 0 saturated heterocycles. The number of nitrogens with two attached hydrogens (primary N) is 1. The van der Waals surface area contributed by atoms with E-state index in [9.17, 15) is 0 Å². The van der Waals surface area contributed by atoms with Crippen molar-refractivity contribution in [1.29, 1.82) is 0 Å². The summed E-state index contributed by atoms with van der Waals surface area (Å²) >= 11 is 1.79. The summed E-state index contributed by atoms with van der Waals surface area (Å²) in [6.45, 7) is 8.69. The normalized spacial score (nSPS) is 13.2. The van der Waals surface area contributed by atoms with E-state index in [2.05, 4.69) is 50.9 Å². The number of thioether (sulfide) groups is 1. The molecule has 2 aromatic rings. The quantitative estimate of drug-likeness (QED) is 0.854. The van der Waals surface area contributed by atoms with Crippen LogP contribution in [0.25, 0.3) is 0 Å². The zero-order chi connectivity index (χ0) is 14.8. The third kappa shape index (κ3) is 3.84. The van der Waals surface area contributed by atoms with Crippen molar-refractivity contribution in [3.63, 3.8) is 0 Å². The predicted octanol–water partition coefficient (Wildman–Crippen LogP) is 4.33. The summed E-state index contributed by atoms with van der Waals surface area (Å²) in [5.41, 5.74) is 9.68. The maximum absolute atomic E-state index is 6.32. The Bertz CT molecular complexity index is 573. The van der Waals surface area contributed by atoms with Gasteiger partial charge in [0.25, 0.3) is 0 Å². The number of nitrogens with zero attached hydrogens (tertiary/aromatic N) is 1. The van der Waals surface area contributed by atoms with Crippen LogP contribution in [-0.2, 0) is 0 Å². The van der Waals surface area contributed by atoms with Gasteiger partial charge in [0.1, 0.15) is 0 Å². The summed E-state index contributed by atoms with van der Waals surface area (Å²) < 4.78 is 0.167. The van der Waals surface area contributed by atoms with Gasteiger partial charge in [0.05, 0.1) is 11.1 Å². The summed E-state index contributed by atoms with van der Waals surface area (Å²) in [6, 6.07) is 12.2. The third-order valence-corrected chi connectivity index (χ3v) is 4.21. The Morgan fingerprint density at radius 3 is 2.30 bits per heavy atom. The van der Waals surface area contributed by atoms with Crippen LogP contribution in [0.5, 0.6) is 0 Å². The van der Waals surface area contributed by atoms with E-state index in [1.807, 2.05) is 24.4 Å². The molecule has 0 bridgehead atoms. The minimum Gasteiger partial charge on any atom is -0.320 e. The highest BCUT2D eigenvalue weighted by Gasteiger charge is 2.16. The van der Waals surface area contributed by atoms with E-state index in [-0.39, 0.29) is 10.8 Å². The van der Waals surface area contributed by atoms with Gasteiger partial charge >= 0.3 is 0 Å². The minimum atomic E-state index is -0.115. The molecule has 0 saturated carbocycles. The molecule has 0 fully saturated rings. The van der Waals surface area contributed by atoms with Crippen molar-refractivity contribution >= 4 is 11.8 Å². The second kappa shape index (κ2) is 5.98. The molecule has 0 amide bonds. The first-order chi connectivity index (χ1) is 9.37. The lowest BCUT2D eigenvalue weighted by molar-refractivity contribution is 0.795. The van der Waals surface area contributed by atoms with Crippen LogP contribution >= 0.6 is 11.8 Å². The number of aromatic nitrogens is 1. The molecule has 2 nitrogen and oxygen atoms in total.